The number of methoxy groups -OCH3 is 2. The van der Waals surface area contributed by atoms with Crippen LogP contribution in [-0.2, 0) is 9.59 Å². The molecule has 2 aliphatic rings. The van der Waals surface area contributed by atoms with Crippen LogP contribution in [0, 0.1) is 0 Å². The third kappa shape index (κ3) is 3.46. The molecule has 2 aromatic carbocycles. The number of anilines is 1. The normalized spacial score (nSPS) is 19.1. The molecular formula is C23H21Cl2NO4. The Kier molecular flexibility index (Phi) is 5.76. The van der Waals surface area contributed by atoms with Crippen LogP contribution in [0.25, 0.3) is 0 Å². The molecule has 0 saturated heterocycles. The molecule has 4 rings (SSSR count). The van der Waals surface area contributed by atoms with Crippen molar-refractivity contribution in [3.63, 3.8) is 0 Å². The summed E-state index contributed by atoms with van der Waals surface area (Å²) >= 11 is 12.9. The van der Waals surface area contributed by atoms with Gasteiger partial charge < -0.3 is 9.47 Å². The summed E-state index contributed by atoms with van der Waals surface area (Å²) in [6.45, 7) is 0. The predicted molar refractivity (Wildman–Crippen MR) is 117 cm³/mol. The minimum atomic E-state index is -0.464. The van der Waals surface area contributed by atoms with Crippen molar-refractivity contribution in [1.82, 2.24) is 0 Å². The number of amides is 1. The van der Waals surface area contributed by atoms with E-state index in [0.29, 0.717) is 63.3 Å². The molecule has 1 unspecified atom stereocenters. The molecule has 0 fully saturated rings. The predicted octanol–water partition coefficient (Wildman–Crippen LogP) is 5.54. The number of carbonyl (C=O) groups excluding carboxylic acids is 2. The molecule has 1 heterocycles. The van der Waals surface area contributed by atoms with Crippen molar-refractivity contribution in [2.45, 2.75) is 31.6 Å². The topological polar surface area (TPSA) is 55.8 Å². The van der Waals surface area contributed by atoms with Crippen molar-refractivity contribution >= 4 is 40.6 Å². The molecule has 7 heteroatoms. The third-order valence-corrected chi connectivity index (χ3v) is 6.31. The fourth-order valence-electron chi connectivity index (χ4n) is 4.33. The van der Waals surface area contributed by atoms with Crippen LogP contribution in [0.15, 0.2) is 47.7 Å². The number of benzene rings is 2. The summed E-state index contributed by atoms with van der Waals surface area (Å²) in [5.41, 5.74) is 2.50. The van der Waals surface area contributed by atoms with E-state index in [1.165, 1.54) is 0 Å². The Labute approximate surface area is 185 Å². The molecule has 30 heavy (non-hydrogen) atoms. The number of ether oxygens (including phenoxy) is 2. The van der Waals surface area contributed by atoms with Crippen LogP contribution < -0.4 is 14.4 Å². The average molecular weight is 446 g/mol. The number of hydrogen-bond acceptors (Lipinski definition) is 4. The number of ketones is 1. The van der Waals surface area contributed by atoms with Gasteiger partial charge in [-0.1, -0.05) is 29.3 Å². The second kappa shape index (κ2) is 8.32. The number of halogens is 2. The van der Waals surface area contributed by atoms with Crippen LogP contribution in [0.2, 0.25) is 10.0 Å². The zero-order valence-electron chi connectivity index (χ0n) is 16.7. The summed E-state index contributed by atoms with van der Waals surface area (Å²) in [6, 6.07) is 10.5. The lowest BCUT2D eigenvalue weighted by Gasteiger charge is -2.39. The molecule has 2 aromatic rings. The molecular weight excluding hydrogens is 425 g/mol. The maximum Gasteiger partial charge on any atom is 0.232 e. The standard InChI is InChI=1S/C23H21Cl2NO4/c1-29-13-9-10-20(30-2)18(11-13)26-17-7-4-8-19(27)23(17)14(12-21(26)28)22-15(24)5-3-6-16(22)25/h3,5-6,9-11,14H,4,7-8,12H2,1-2H3. The van der Waals surface area contributed by atoms with Gasteiger partial charge in [-0.2, -0.15) is 0 Å². The third-order valence-electron chi connectivity index (χ3n) is 5.65. The molecule has 0 saturated carbocycles. The van der Waals surface area contributed by atoms with Gasteiger partial charge in [-0.15, -0.1) is 0 Å². The monoisotopic (exact) mass is 445 g/mol. The first-order chi connectivity index (χ1) is 14.5. The Balaban J connectivity index is 1.93. The van der Waals surface area contributed by atoms with Crippen molar-refractivity contribution in [3.05, 3.63) is 63.3 Å². The van der Waals surface area contributed by atoms with E-state index in [-0.39, 0.29) is 18.1 Å². The van der Waals surface area contributed by atoms with Crippen LogP contribution in [0.3, 0.4) is 0 Å². The fraction of sp³-hybridized carbons (Fsp3) is 0.304. The second-order valence-corrected chi connectivity index (χ2v) is 8.11. The van der Waals surface area contributed by atoms with E-state index >= 15 is 0 Å². The largest absolute Gasteiger partial charge is 0.497 e. The summed E-state index contributed by atoms with van der Waals surface area (Å²) in [4.78, 5) is 28.1. The van der Waals surface area contributed by atoms with Gasteiger partial charge in [0.15, 0.2) is 5.78 Å². The highest BCUT2D eigenvalue weighted by molar-refractivity contribution is 6.36. The summed E-state index contributed by atoms with van der Waals surface area (Å²) in [7, 11) is 3.11. The molecule has 0 radical (unpaired) electrons. The van der Waals surface area contributed by atoms with Crippen molar-refractivity contribution in [1.29, 1.82) is 0 Å². The van der Waals surface area contributed by atoms with Gasteiger partial charge in [0.25, 0.3) is 0 Å². The second-order valence-electron chi connectivity index (χ2n) is 7.30. The van der Waals surface area contributed by atoms with Gasteiger partial charge in [0.1, 0.15) is 11.5 Å². The van der Waals surface area contributed by atoms with Crippen LogP contribution in [-0.4, -0.2) is 25.9 Å². The molecule has 1 atom stereocenters. The van der Waals surface area contributed by atoms with Crippen molar-refractivity contribution in [2.24, 2.45) is 0 Å². The number of rotatable bonds is 4. The first kappa shape index (κ1) is 20.8. The Hall–Kier alpha value is -2.50. The molecule has 1 aliphatic heterocycles. The molecule has 1 amide bonds. The fourth-order valence-corrected chi connectivity index (χ4v) is 4.99. The lowest BCUT2D eigenvalue weighted by molar-refractivity contribution is -0.119. The number of nitrogens with zero attached hydrogens (tertiary/aromatic N) is 1. The van der Waals surface area contributed by atoms with Crippen LogP contribution in [0.4, 0.5) is 5.69 Å². The number of Topliss-reactive ketones (excluding diaryl/α,β-unsaturated/α-hetero) is 1. The summed E-state index contributed by atoms with van der Waals surface area (Å²) in [5, 5.41) is 0.913. The Bertz CT molecular complexity index is 1040. The van der Waals surface area contributed by atoms with Gasteiger partial charge in [0, 0.05) is 46.1 Å². The average Bonchev–Trinajstić information content (AvgIpc) is 2.73. The van der Waals surface area contributed by atoms with Gasteiger partial charge >= 0.3 is 0 Å². The number of allylic oxidation sites excluding steroid dienone is 2. The maximum atomic E-state index is 13.4. The highest BCUT2D eigenvalue weighted by Gasteiger charge is 2.41. The quantitative estimate of drug-likeness (QED) is 0.619. The van der Waals surface area contributed by atoms with E-state index in [1.807, 2.05) is 0 Å². The van der Waals surface area contributed by atoms with Crippen molar-refractivity contribution in [2.75, 3.05) is 19.1 Å². The molecule has 0 bridgehead atoms. The Morgan fingerprint density at radius 2 is 1.73 bits per heavy atom. The van der Waals surface area contributed by atoms with E-state index in [4.69, 9.17) is 32.7 Å². The molecule has 156 valence electrons. The molecule has 5 nitrogen and oxygen atoms in total. The SMILES string of the molecule is COc1ccc(OC)c(N2C(=O)CC(c3c(Cl)cccc3Cl)C3=C2CCCC3=O)c1. The van der Waals surface area contributed by atoms with E-state index in [9.17, 15) is 9.59 Å². The molecule has 1 aliphatic carbocycles. The van der Waals surface area contributed by atoms with Gasteiger partial charge in [-0.25, -0.2) is 0 Å². The smallest absolute Gasteiger partial charge is 0.232 e. The minimum absolute atomic E-state index is 0.0246. The van der Waals surface area contributed by atoms with Crippen LogP contribution in [0.1, 0.15) is 37.2 Å². The highest BCUT2D eigenvalue weighted by Crippen LogP contribution is 2.48. The van der Waals surface area contributed by atoms with E-state index in [1.54, 1.807) is 55.5 Å². The van der Waals surface area contributed by atoms with Gasteiger partial charge in [0.05, 0.1) is 19.9 Å². The van der Waals surface area contributed by atoms with Crippen molar-refractivity contribution in [3.8, 4) is 11.5 Å². The summed E-state index contributed by atoms with van der Waals surface area (Å²) < 4.78 is 10.9. The van der Waals surface area contributed by atoms with Crippen LogP contribution >= 0.6 is 23.2 Å². The van der Waals surface area contributed by atoms with Gasteiger partial charge in [0.2, 0.25) is 5.91 Å². The Morgan fingerprint density at radius 3 is 2.40 bits per heavy atom. The van der Waals surface area contributed by atoms with E-state index < -0.39 is 5.92 Å². The lowest BCUT2D eigenvalue weighted by atomic mass is 9.77. The first-order valence-corrected chi connectivity index (χ1v) is 10.5. The number of carbonyl (C=O) groups is 2. The maximum absolute atomic E-state index is 13.4. The van der Waals surface area contributed by atoms with Crippen LogP contribution in [0.5, 0.6) is 11.5 Å². The van der Waals surface area contributed by atoms with E-state index in [2.05, 4.69) is 0 Å². The summed E-state index contributed by atoms with van der Waals surface area (Å²) in [6.07, 6.45) is 1.81. The zero-order valence-corrected chi connectivity index (χ0v) is 18.2. The minimum Gasteiger partial charge on any atom is -0.497 e. The molecule has 0 aromatic heterocycles. The zero-order chi connectivity index (χ0) is 21.4. The molecule has 0 N–H and O–H groups in total. The van der Waals surface area contributed by atoms with E-state index in [0.717, 1.165) is 0 Å². The Morgan fingerprint density at radius 1 is 1.00 bits per heavy atom. The first-order valence-electron chi connectivity index (χ1n) is 9.71. The van der Waals surface area contributed by atoms with Crippen molar-refractivity contribution < 1.29 is 19.1 Å². The van der Waals surface area contributed by atoms with Gasteiger partial charge in [-0.3, -0.25) is 14.5 Å². The lowest BCUT2D eigenvalue weighted by Crippen LogP contribution is -2.40. The number of hydrogen-bond donors (Lipinski definition) is 0. The van der Waals surface area contributed by atoms with Gasteiger partial charge in [-0.05, 0) is 42.7 Å². The molecule has 0 spiro atoms. The highest BCUT2D eigenvalue weighted by atomic mass is 35.5. The summed E-state index contributed by atoms with van der Waals surface area (Å²) in [5.74, 6) is 0.546.